The average molecular weight is 218 g/mol. The van der Waals surface area contributed by atoms with E-state index in [4.69, 9.17) is 0 Å². The van der Waals surface area contributed by atoms with Crippen molar-refractivity contribution in [3.63, 3.8) is 0 Å². The van der Waals surface area contributed by atoms with Gasteiger partial charge < -0.3 is 4.90 Å². The number of carbonyl (C=O) groups excluding carboxylic acids is 1. The molecule has 3 heteroatoms. The first kappa shape index (κ1) is 11.1. The zero-order chi connectivity index (χ0) is 11.5. The minimum atomic E-state index is 0.292. The molecule has 0 atom stereocenters. The second kappa shape index (κ2) is 4.64. The molecule has 0 spiro atoms. The molecule has 0 saturated carbocycles. The predicted octanol–water partition coefficient (Wildman–Crippen LogP) is 2.05. The Labute approximate surface area is 96.5 Å². The van der Waals surface area contributed by atoms with Crippen molar-refractivity contribution < 1.29 is 4.79 Å². The summed E-state index contributed by atoms with van der Waals surface area (Å²) < 4.78 is 0. The van der Waals surface area contributed by atoms with Gasteiger partial charge in [0.25, 0.3) is 0 Å². The number of likely N-dealkylation sites (tertiary alicyclic amines) is 1. The summed E-state index contributed by atoms with van der Waals surface area (Å²) in [5.41, 5.74) is 1.29. The Morgan fingerprint density at radius 2 is 2.06 bits per heavy atom. The molecule has 0 unspecified atom stereocenters. The Kier molecular flexibility index (Phi) is 3.22. The van der Waals surface area contributed by atoms with Gasteiger partial charge in [-0.25, -0.2) is 0 Å². The Bertz CT molecular complexity index is 355. The van der Waals surface area contributed by atoms with E-state index in [1.807, 2.05) is 29.4 Å². The summed E-state index contributed by atoms with van der Waals surface area (Å²) in [7, 11) is 0. The highest BCUT2D eigenvalue weighted by Crippen LogP contribution is 2.27. The van der Waals surface area contributed by atoms with Crippen molar-refractivity contribution in [2.45, 2.75) is 26.2 Å². The second-order valence-corrected chi connectivity index (χ2v) is 4.87. The fraction of sp³-hybridized carbons (Fsp3) is 0.538. The largest absolute Gasteiger partial charge is 0.341 e. The molecule has 1 aromatic heterocycles. The molecular weight excluding hydrogens is 200 g/mol. The van der Waals surface area contributed by atoms with Crippen LogP contribution in [0.3, 0.4) is 0 Å². The van der Waals surface area contributed by atoms with Crippen molar-refractivity contribution in [1.29, 1.82) is 0 Å². The summed E-state index contributed by atoms with van der Waals surface area (Å²) in [6, 6.07) is 4.07. The van der Waals surface area contributed by atoms with Crippen molar-refractivity contribution in [1.82, 2.24) is 9.88 Å². The van der Waals surface area contributed by atoms with Gasteiger partial charge >= 0.3 is 0 Å². The summed E-state index contributed by atoms with van der Waals surface area (Å²) in [4.78, 5) is 17.7. The molecule has 1 aliphatic heterocycles. The lowest BCUT2D eigenvalue weighted by molar-refractivity contribution is -0.136. The quantitative estimate of drug-likeness (QED) is 0.778. The Hall–Kier alpha value is -1.38. The van der Waals surface area contributed by atoms with E-state index in [0.29, 0.717) is 24.2 Å². The van der Waals surface area contributed by atoms with Gasteiger partial charge in [0.05, 0.1) is 0 Å². The number of rotatable bonds is 3. The number of carbonyl (C=O) groups is 1. The van der Waals surface area contributed by atoms with Crippen LogP contribution in [0.2, 0.25) is 0 Å². The minimum absolute atomic E-state index is 0.292. The van der Waals surface area contributed by atoms with Crippen LogP contribution in [0.4, 0.5) is 0 Å². The molecule has 86 valence electrons. The van der Waals surface area contributed by atoms with Gasteiger partial charge in [-0.2, -0.15) is 0 Å². The first-order valence-corrected chi connectivity index (χ1v) is 5.84. The number of pyridine rings is 1. The lowest BCUT2D eigenvalue weighted by Crippen LogP contribution is -2.48. The maximum atomic E-state index is 11.7. The Balaban J connectivity index is 1.84. The standard InChI is InChI=1S/C13H18N2O/c1-10(2)7-13(16)15-8-12(9-15)11-3-5-14-6-4-11/h3-6,10,12H,7-9H2,1-2H3. The molecule has 1 fully saturated rings. The molecule has 3 nitrogen and oxygen atoms in total. The Morgan fingerprint density at radius 3 is 2.62 bits per heavy atom. The molecule has 0 aliphatic carbocycles. The SMILES string of the molecule is CC(C)CC(=O)N1CC(c2ccncc2)C1. The molecule has 0 bridgehead atoms. The third-order valence-corrected chi connectivity index (χ3v) is 2.99. The van der Waals surface area contributed by atoms with E-state index in [9.17, 15) is 4.79 Å². The monoisotopic (exact) mass is 218 g/mol. The van der Waals surface area contributed by atoms with Gasteiger partial charge in [0.15, 0.2) is 0 Å². The predicted molar refractivity (Wildman–Crippen MR) is 63.0 cm³/mol. The molecule has 1 saturated heterocycles. The smallest absolute Gasteiger partial charge is 0.222 e. The van der Waals surface area contributed by atoms with E-state index in [0.717, 1.165) is 13.1 Å². The topological polar surface area (TPSA) is 33.2 Å². The van der Waals surface area contributed by atoms with Crippen LogP contribution in [-0.4, -0.2) is 28.9 Å². The number of nitrogens with zero attached hydrogens (tertiary/aromatic N) is 2. The van der Waals surface area contributed by atoms with Gasteiger partial charge in [-0.15, -0.1) is 0 Å². The maximum Gasteiger partial charge on any atom is 0.222 e. The summed E-state index contributed by atoms with van der Waals surface area (Å²) in [6.45, 7) is 5.90. The molecule has 2 rings (SSSR count). The van der Waals surface area contributed by atoms with Crippen molar-refractivity contribution in [2.24, 2.45) is 5.92 Å². The van der Waals surface area contributed by atoms with Crippen LogP contribution in [0, 0.1) is 5.92 Å². The van der Waals surface area contributed by atoms with Crippen LogP contribution in [-0.2, 0) is 4.79 Å². The lowest BCUT2D eigenvalue weighted by atomic mass is 9.91. The van der Waals surface area contributed by atoms with Gasteiger partial charge in [0, 0.05) is 37.8 Å². The normalized spacial score (nSPS) is 16.3. The van der Waals surface area contributed by atoms with Gasteiger partial charge in [0.2, 0.25) is 5.91 Å². The second-order valence-electron chi connectivity index (χ2n) is 4.87. The van der Waals surface area contributed by atoms with Crippen LogP contribution in [0.15, 0.2) is 24.5 Å². The fourth-order valence-electron chi connectivity index (χ4n) is 2.01. The zero-order valence-electron chi connectivity index (χ0n) is 9.89. The van der Waals surface area contributed by atoms with Gasteiger partial charge in [-0.3, -0.25) is 9.78 Å². The van der Waals surface area contributed by atoms with Crippen molar-refractivity contribution >= 4 is 5.91 Å². The summed E-state index contributed by atoms with van der Waals surface area (Å²) in [5.74, 6) is 1.26. The highest BCUT2D eigenvalue weighted by molar-refractivity contribution is 5.77. The zero-order valence-corrected chi connectivity index (χ0v) is 9.89. The van der Waals surface area contributed by atoms with Crippen molar-refractivity contribution in [3.8, 4) is 0 Å². The fourth-order valence-corrected chi connectivity index (χ4v) is 2.01. The van der Waals surface area contributed by atoms with Crippen LogP contribution in [0.25, 0.3) is 0 Å². The van der Waals surface area contributed by atoms with Gasteiger partial charge in [0.1, 0.15) is 0 Å². The average Bonchev–Trinajstić information content (AvgIpc) is 2.15. The van der Waals surface area contributed by atoms with Crippen LogP contribution >= 0.6 is 0 Å². The molecule has 1 amide bonds. The van der Waals surface area contributed by atoms with Crippen LogP contribution < -0.4 is 0 Å². The van der Waals surface area contributed by atoms with Crippen molar-refractivity contribution in [2.75, 3.05) is 13.1 Å². The number of hydrogen-bond acceptors (Lipinski definition) is 2. The lowest BCUT2D eigenvalue weighted by Gasteiger charge is -2.40. The molecule has 2 heterocycles. The van der Waals surface area contributed by atoms with Crippen LogP contribution in [0.1, 0.15) is 31.7 Å². The number of amides is 1. The number of hydrogen-bond donors (Lipinski definition) is 0. The molecule has 16 heavy (non-hydrogen) atoms. The van der Waals surface area contributed by atoms with Gasteiger partial charge in [-0.05, 0) is 23.6 Å². The third-order valence-electron chi connectivity index (χ3n) is 2.99. The molecule has 0 aromatic carbocycles. The van der Waals surface area contributed by atoms with E-state index in [2.05, 4.69) is 18.8 Å². The maximum absolute atomic E-state index is 11.7. The Morgan fingerprint density at radius 1 is 1.44 bits per heavy atom. The van der Waals surface area contributed by atoms with E-state index < -0.39 is 0 Å². The number of aromatic nitrogens is 1. The van der Waals surface area contributed by atoms with Gasteiger partial charge in [-0.1, -0.05) is 13.8 Å². The van der Waals surface area contributed by atoms with E-state index in [1.165, 1.54) is 5.56 Å². The first-order valence-electron chi connectivity index (χ1n) is 5.84. The summed E-state index contributed by atoms with van der Waals surface area (Å²) in [6.07, 6.45) is 4.30. The summed E-state index contributed by atoms with van der Waals surface area (Å²) >= 11 is 0. The molecule has 0 N–H and O–H groups in total. The molecule has 0 radical (unpaired) electrons. The highest BCUT2D eigenvalue weighted by Gasteiger charge is 2.31. The highest BCUT2D eigenvalue weighted by atomic mass is 16.2. The minimum Gasteiger partial charge on any atom is -0.341 e. The van der Waals surface area contributed by atoms with Crippen molar-refractivity contribution in [3.05, 3.63) is 30.1 Å². The van der Waals surface area contributed by atoms with E-state index in [-0.39, 0.29) is 0 Å². The molecule has 1 aliphatic rings. The summed E-state index contributed by atoms with van der Waals surface area (Å²) in [5, 5.41) is 0. The van der Waals surface area contributed by atoms with E-state index >= 15 is 0 Å². The van der Waals surface area contributed by atoms with Crippen LogP contribution in [0.5, 0.6) is 0 Å². The molecule has 1 aromatic rings. The van der Waals surface area contributed by atoms with E-state index in [1.54, 1.807) is 0 Å². The third kappa shape index (κ3) is 2.40. The first-order chi connectivity index (χ1) is 7.66. The molecular formula is C13H18N2O.